The summed E-state index contributed by atoms with van der Waals surface area (Å²) in [5.74, 6) is 0.825. The number of fused-ring (bicyclic) bond motifs is 1. The van der Waals surface area contributed by atoms with Crippen LogP contribution in [0.4, 0.5) is 0 Å². The zero-order valence-corrected chi connectivity index (χ0v) is 21.9. The number of ether oxygens (including phenoxy) is 1. The number of hydrogen-bond donors (Lipinski definition) is 1. The Morgan fingerprint density at radius 1 is 0.947 bits per heavy atom. The molecular weight excluding hydrogens is 470 g/mol. The first-order chi connectivity index (χ1) is 18.6. The van der Waals surface area contributed by atoms with Gasteiger partial charge >= 0.3 is 0 Å². The van der Waals surface area contributed by atoms with Gasteiger partial charge in [0.2, 0.25) is 5.91 Å². The minimum Gasteiger partial charge on any atom is -0.497 e. The van der Waals surface area contributed by atoms with Crippen LogP contribution in [0, 0.1) is 6.92 Å². The van der Waals surface area contributed by atoms with Crippen LogP contribution < -0.4 is 10.1 Å². The average Bonchev–Trinajstić information content (AvgIpc) is 3.31. The molecular formula is C33H33N3O2. The summed E-state index contributed by atoms with van der Waals surface area (Å²) >= 11 is 0. The zero-order chi connectivity index (χ0) is 26.3. The Labute approximate surface area is 224 Å². The summed E-state index contributed by atoms with van der Waals surface area (Å²) in [6, 6.07) is 31.0. The minimum absolute atomic E-state index is 0.0403. The number of amides is 1. The van der Waals surface area contributed by atoms with Gasteiger partial charge in [0.15, 0.2) is 0 Å². The van der Waals surface area contributed by atoms with E-state index in [-0.39, 0.29) is 11.8 Å². The monoisotopic (exact) mass is 503 g/mol. The van der Waals surface area contributed by atoms with Crippen LogP contribution in [0.3, 0.4) is 0 Å². The van der Waals surface area contributed by atoms with Crippen molar-refractivity contribution in [3.8, 4) is 5.75 Å². The molecule has 3 aromatic carbocycles. The third-order valence-electron chi connectivity index (χ3n) is 7.01. The fourth-order valence-electron chi connectivity index (χ4n) is 4.95. The molecule has 1 N–H and O–H groups in total. The maximum atomic E-state index is 13.2. The van der Waals surface area contributed by atoms with Crippen molar-refractivity contribution < 1.29 is 9.53 Å². The second kappa shape index (κ2) is 11.8. The number of aromatic nitrogens is 2. The number of hydrogen-bond acceptors (Lipinski definition) is 3. The van der Waals surface area contributed by atoms with Crippen LogP contribution in [-0.2, 0) is 17.8 Å². The van der Waals surface area contributed by atoms with Crippen LogP contribution in [0.2, 0.25) is 0 Å². The van der Waals surface area contributed by atoms with Gasteiger partial charge in [0, 0.05) is 60.8 Å². The van der Waals surface area contributed by atoms with Crippen LogP contribution in [0.25, 0.3) is 10.9 Å². The molecule has 1 unspecified atom stereocenters. The number of para-hydroxylation sites is 1. The van der Waals surface area contributed by atoms with Crippen molar-refractivity contribution in [3.05, 3.63) is 131 Å². The Bertz CT molecular complexity index is 1490. The number of aryl methyl sites for hydroxylation is 1. The highest BCUT2D eigenvalue weighted by Gasteiger charge is 2.23. The molecule has 38 heavy (non-hydrogen) atoms. The van der Waals surface area contributed by atoms with Gasteiger partial charge in [-0.3, -0.25) is 9.78 Å². The third-order valence-corrected chi connectivity index (χ3v) is 7.01. The first kappa shape index (κ1) is 25.3. The first-order valence-corrected chi connectivity index (χ1v) is 13.0. The van der Waals surface area contributed by atoms with E-state index in [1.165, 1.54) is 16.5 Å². The Kier molecular flexibility index (Phi) is 7.84. The van der Waals surface area contributed by atoms with E-state index in [2.05, 4.69) is 88.7 Å². The predicted molar refractivity (Wildman–Crippen MR) is 153 cm³/mol. The van der Waals surface area contributed by atoms with Gasteiger partial charge in [-0.15, -0.1) is 0 Å². The van der Waals surface area contributed by atoms with Crippen molar-refractivity contribution in [2.24, 2.45) is 0 Å². The molecule has 2 heterocycles. The van der Waals surface area contributed by atoms with Crippen LogP contribution >= 0.6 is 0 Å². The molecule has 5 rings (SSSR count). The lowest BCUT2D eigenvalue weighted by atomic mass is 9.87. The highest BCUT2D eigenvalue weighted by atomic mass is 16.5. The van der Waals surface area contributed by atoms with Gasteiger partial charge in [-0.25, -0.2) is 0 Å². The summed E-state index contributed by atoms with van der Waals surface area (Å²) in [5, 5.41) is 4.29. The summed E-state index contributed by atoms with van der Waals surface area (Å²) in [6.45, 7) is 3.39. The quantitative estimate of drug-likeness (QED) is 0.244. The standard InChI is InChI=1S/C33H33N3O2/c1-24-10-14-26(15-11-24)30(21-33(37)35-20-18-27-7-5-6-19-34-27)31-23-36(32-9-4-3-8-29(31)32)22-25-12-16-28(38-2)17-13-25/h3-17,19,23,30H,18,20-22H2,1-2H3,(H,35,37). The molecule has 5 aromatic rings. The molecule has 0 spiro atoms. The molecule has 0 fully saturated rings. The van der Waals surface area contributed by atoms with E-state index < -0.39 is 0 Å². The highest BCUT2D eigenvalue weighted by Crippen LogP contribution is 2.35. The Balaban J connectivity index is 1.43. The summed E-state index contributed by atoms with van der Waals surface area (Å²) < 4.78 is 7.61. The first-order valence-electron chi connectivity index (χ1n) is 13.0. The van der Waals surface area contributed by atoms with Gasteiger partial charge in [0.05, 0.1) is 7.11 Å². The van der Waals surface area contributed by atoms with E-state index in [0.29, 0.717) is 19.4 Å². The van der Waals surface area contributed by atoms with Crippen LogP contribution in [-0.4, -0.2) is 29.1 Å². The predicted octanol–water partition coefficient (Wildman–Crippen LogP) is 6.28. The van der Waals surface area contributed by atoms with Gasteiger partial charge in [-0.1, -0.05) is 66.2 Å². The molecule has 0 aliphatic rings. The van der Waals surface area contributed by atoms with E-state index in [4.69, 9.17) is 4.74 Å². The maximum absolute atomic E-state index is 13.2. The van der Waals surface area contributed by atoms with Crippen molar-refractivity contribution >= 4 is 16.8 Å². The van der Waals surface area contributed by atoms with Crippen molar-refractivity contribution in [1.29, 1.82) is 0 Å². The van der Waals surface area contributed by atoms with Gasteiger partial charge < -0.3 is 14.6 Å². The summed E-state index contributed by atoms with van der Waals surface area (Å²) in [5.41, 5.74) is 6.84. The van der Waals surface area contributed by atoms with Crippen molar-refractivity contribution in [2.45, 2.75) is 32.2 Å². The van der Waals surface area contributed by atoms with Crippen LogP contribution in [0.1, 0.15) is 40.3 Å². The van der Waals surface area contributed by atoms with Crippen molar-refractivity contribution in [3.63, 3.8) is 0 Å². The Hall–Kier alpha value is -4.38. The van der Waals surface area contributed by atoms with E-state index >= 15 is 0 Å². The second-order valence-corrected chi connectivity index (χ2v) is 9.67. The molecule has 5 nitrogen and oxygen atoms in total. The molecule has 2 aromatic heterocycles. The number of rotatable bonds is 10. The molecule has 1 atom stereocenters. The van der Waals surface area contributed by atoms with Crippen LogP contribution in [0.15, 0.2) is 103 Å². The molecule has 0 radical (unpaired) electrons. The molecule has 0 saturated carbocycles. The smallest absolute Gasteiger partial charge is 0.220 e. The highest BCUT2D eigenvalue weighted by molar-refractivity contribution is 5.86. The topological polar surface area (TPSA) is 56.1 Å². The van der Waals surface area contributed by atoms with E-state index in [9.17, 15) is 4.79 Å². The number of nitrogens with zero attached hydrogens (tertiary/aromatic N) is 2. The molecule has 0 aliphatic heterocycles. The average molecular weight is 504 g/mol. The molecule has 0 aliphatic carbocycles. The van der Waals surface area contributed by atoms with Crippen molar-refractivity contribution in [2.75, 3.05) is 13.7 Å². The lowest BCUT2D eigenvalue weighted by Gasteiger charge is -2.18. The third kappa shape index (κ3) is 5.94. The summed E-state index contributed by atoms with van der Waals surface area (Å²) in [6.07, 6.45) is 5.09. The Morgan fingerprint density at radius 3 is 2.45 bits per heavy atom. The number of carbonyl (C=O) groups is 1. The van der Waals surface area contributed by atoms with E-state index in [1.54, 1.807) is 13.3 Å². The van der Waals surface area contributed by atoms with E-state index in [1.807, 2.05) is 30.3 Å². The Morgan fingerprint density at radius 2 is 1.71 bits per heavy atom. The van der Waals surface area contributed by atoms with Crippen molar-refractivity contribution in [1.82, 2.24) is 14.9 Å². The largest absolute Gasteiger partial charge is 0.497 e. The normalized spacial score (nSPS) is 11.8. The number of pyridine rings is 1. The molecule has 0 saturated heterocycles. The lowest BCUT2D eigenvalue weighted by Crippen LogP contribution is -2.27. The fraction of sp³-hybridized carbons (Fsp3) is 0.212. The van der Waals surface area contributed by atoms with Gasteiger partial charge in [0.1, 0.15) is 5.75 Å². The second-order valence-electron chi connectivity index (χ2n) is 9.67. The molecule has 1 amide bonds. The number of benzene rings is 3. The summed E-state index contributed by atoms with van der Waals surface area (Å²) in [7, 11) is 1.68. The number of methoxy groups -OCH3 is 1. The molecule has 192 valence electrons. The molecule has 0 bridgehead atoms. The zero-order valence-electron chi connectivity index (χ0n) is 21.9. The molecule has 5 heteroatoms. The maximum Gasteiger partial charge on any atom is 0.220 e. The van der Waals surface area contributed by atoms with E-state index in [0.717, 1.165) is 34.6 Å². The van der Waals surface area contributed by atoms with Gasteiger partial charge in [0.25, 0.3) is 0 Å². The fourth-order valence-corrected chi connectivity index (χ4v) is 4.95. The minimum atomic E-state index is -0.0625. The SMILES string of the molecule is COc1ccc(Cn2cc(C(CC(=O)NCCc3ccccn3)c3ccc(C)cc3)c3ccccc32)cc1. The summed E-state index contributed by atoms with van der Waals surface area (Å²) in [4.78, 5) is 17.6. The lowest BCUT2D eigenvalue weighted by molar-refractivity contribution is -0.121. The van der Waals surface area contributed by atoms with Gasteiger partial charge in [-0.2, -0.15) is 0 Å². The number of carbonyl (C=O) groups excluding carboxylic acids is 1. The number of nitrogens with one attached hydrogen (secondary N) is 1. The van der Waals surface area contributed by atoms with Gasteiger partial charge in [-0.05, 0) is 53.9 Å². The van der Waals surface area contributed by atoms with Crippen LogP contribution in [0.5, 0.6) is 5.75 Å².